The number of piperidine rings is 1. The number of nitrogens with one attached hydrogen (secondary N) is 2. The van der Waals surface area contributed by atoms with Crippen LogP contribution in [0.4, 0.5) is 42.0 Å². The monoisotopic (exact) mass is 723 g/mol. The number of benzene rings is 2. The van der Waals surface area contributed by atoms with Crippen molar-refractivity contribution < 1.29 is 22.5 Å². The van der Waals surface area contributed by atoms with E-state index in [9.17, 15) is 17.7 Å². The molecule has 0 aliphatic carbocycles. The predicted molar refractivity (Wildman–Crippen MR) is 184 cm³/mol. The van der Waals surface area contributed by atoms with Crippen LogP contribution in [0.5, 0.6) is 5.75 Å². The number of aryl methyl sites for hydroxylation is 2. The molecule has 9 nitrogen and oxygen atoms in total. The minimum absolute atomic E-state index is 0.0684. The molecule has 2 aliphatic rings. The van der Waals surface area contributed by atoms with Crippen molar-refractivity contribution in [3.8, 4) is 5.75 Å². The second-order valence-electron chi connectivity index (χ2n) is 12.6. The van der Waals surface area contributed by atoms with Crippen molar-refractivity contribution >= 4 is 57.2 Å². The highest BCUT2D eigenvalue weighted by atomic mass is 79.9. The molecule has 3 heterocycles. The van der Waals surface area contributed by atoms with E-state index in [4.69, 9.17) is 4.74 Å². The van der Waals surface area contributed by atoms with E-state index in [0.717, 1.165) is 68.9 Å². The molecule has 0 atom stereocenters. The summed E-state index contributed by atoms with van der Waals surface area (Å²) in [7, 11) is -0.469. The third-order valence-electron chi connectivity index (χ3n) is 8.53. The molecular weight excluding hydrogens is 682 g/mol. The Balaban J connectivity index is 1.38. The van der Waals surface area contributed by atoms with Gasteiger partial charge in [-0.2, -0.15) is 18.2 Å². The molecule has 46 heavy (non-hydrogen) atoms. The first-order valence-corrected chi connectivity index (χ1v) is 18.8. The van der Waals surface area contributed by atoms with Gasteiger partial charge in [-0.1, -0.05) is 11.6 Å². The van der Waals surface area contributed by atoms with Crippen LogP contribution in [0.3, 0.4) is 0 Å². The quantitative estimate of drug-likeness (QED) is 0.233. The van der Waals surface area contributed by atoms with Gasteiger partial charge in [-0.25, -0.2) is 4.98 Å². The van der Waals surface area contributed by atoms with Crippen LogP contribution >= 0.6 is 23.1 Å². The zero-order valence-electron chi connectivity index (χ0n) is 26.9. The van der Waals surface area contributed by atoms with Gasteiger partial charge >= 0.3 is 6.18 Å². The van der Waals surface area contributed by atoms with Gasteiger partial charge in [0.1, 0.15) is 18.7 Å². The standard InChI is InChI=1S/C32H42BrF3N7O2P/c1-21-6-7-25(29(16-21)46(4,5)44)38-30-24(33)19-37-31(40-30)39-26-17-22(2)27(18-28(26)45-20-32(34,35)36)43-10-8-23(9-11-43)42-14-12-41(3)13-15-42/h6-7,16-19,23H,8-15,20H2,1-5H3,(H2,37,38,39,40). The fourth-order valence-electron chi connectivity index (χ4n) is 6.01. The van der Waals surface area contributed by atoms with Crippen LogP contribution in [0.15, 0.2) is 41.0 Å². The lowest BCUT2D eigenvalue weighted by Gasteiger charge is -2.43. The van der Waals surface area contributed by atoms with Gasteiger partial charge in [0.25, 0.3) is 0 Å². The number of anilines is 5. The Labute approximate surface area is 277 Å². The second kappa shape index (κ2) is 14.1. The highest BCUT2D eigenvalue weighted by molar-refractivity contribution is 9.10. The highest BCUT2D eigenvalue weighted by Gasteiger charge is 2.31. The van der Waals surface area contributed by atoms with E-state index in [1.807, 2.05) is 32.0 Å². The van der Waals surface area contributed by atoms with Crippen LogP contribution < -0.4 is 25.6 Å². The fraction of sp³-hybridized carbons (Fsp3) is 0.500. The number of aromatic nitrogens is 2. The van der Waals surface area contributed by atoms with E-state index in [-0.39, 0.29) is 11.7 Å². The van der Waals surface area contributed by atoms with Gasteiger partial charge in [-0.05, 0) is 86.8 Å². The summed E-state index contributed by atoms with van der Waals surface area (Å²) in [4.78, 5) is 16.1. The van der Waals surface area contributed by atoms with Crippen LogP contribution in [-0.4, -0.2) is 98.2 Å². The summed E-state index contributed by atoms with van der Waals surface area (Å²) in [5, 5.41) is 7.02. The van der Waals surface area contributed by atoms with E-state index in [0.29, 0.717) is 33.0 Å². The Hall–Kier alpha value is -2.86. The Kier molecular flexibility index (Phi) is 10.6. The third-order valence-corrected chi connectivity index (χ3v) is 10.6. The van der Waals surface area contributed by atoms with Gasteiger partial charge in [0.2, 0.25) is 5.95 Å². The SMILES string of the molecule is Cc1ccc(Nc2nc(Nc3cc(C)c(N4CCC(N5CCN(C)CC5)CC4)cc3OCC(F)(F)F)ncc2Br)c(P(C)(C)=O)c1. The normalized spacial score (nSPS) is 17.3. The van der Waals surface area contributed by atoms with Crippen molar-refractivity contribution in [1.29, 1.82) is 0 Å². The zero-order valence-corrected chi connectivity index (χ0v) is 29.4. The molecule has 0 saturated carbocycles. The van der Waals surface area contributed by atoms with Gasteiger partial charge in [-0.15, -0.1) is 0 Å². The number of piperazine rings is 1. The second-order valence-corrected chi connectivity index (χ2v) is 16.6. The first-order valence-electron chi connectivity index (χ1n) is 15.4. The van der Waals surface area contributed by atoms with Crippen molar-refractivity contribution in [3.05, 3.63) is 52.1 Å². The average Bonchev–Trinajstić information content (AvgIpc) is 2.99. The summed E-state index contributed by atoms with van der Waals surface area (Å²) in [6.07, 6.45) is -0.958. The molecule has 3 aromatic rings. The maximum atomic E-state index is 13.3. The molecule has 5 rings (SSSR count). The lowest BCUT2D eigenvalue weighted by molar-refractivity contribution is -0.153. The van der Waals surface area contributed by atoms with Gasteiger partial charge in [0.15, 0.2) is 6.61 Å². The van der Waals surface area contributed by atoms with Crippen LogP contribution in [0.25, 0.3) is 0 Å². The zero-order chi connectivity index (χ0) is 33.2. The molecule has 2 aliphatic heterocycles. The van der Waals surface area contributed by atoms with E-state index >= 15 is 0 Å². The Morgan fingerprint density at radius 1 is 1.00 bits per heavy atom. The molecule has 0 bridgehead atoms. The van der Waals surface area contributed by atoms with Crippen molar-refractivity contribution in [2.45, 2.75) is 38.9 Å². The molecule has 0 radical (unpaired) electrons. The summed E-state index contributed by atoms with van der Waals surface area (Å²) in [5.41, 5.74) is 3.72. The van der Waals surface area contributed by atoms with Crippen molar-refractivity contribution in [2.75, 3.05) is 81.8 Å². The Bertz CT molecular complexity index is 1590. The number of likely N-dealkylation sites (N-methyl/N-ethyl adjacent to an activating group) is 1. The lowest BCUT2D eigenvalue weighted by Crippen LogP contribution is -2.52. The van der Waals surface area contributed by atoms with Crippen LogP contribution in [-0.2, 0) is 4.57 Å². The van der Waals surface area contributed by atoms with Crippen molar-refractivity contribution in [3.63, 3.8) is 0 Å². The molecule has 2 N–H and O–H groups in total. The van der Waals surface area contributed by atoms with Crippen molar-refractivity contribution in [1.82, 2.24) is 19.8 Å². The van der Waals surface area contributed by atoms with E-state index in [1.54, 1.807) is 31.7 Å². The maximum absolute atomic E-state index is 13.3. The molecule has 0 amide bonds. The Morgan fingerprint density at radius 2 is 1.70 bits per heavy atom. The van der Waals surface area contributed by atoms with Gasteiger partial charge in [-0.3, -0.25) is 4.90 Å². The molecule has 1 aromatic heterocycles. The number of alkyl halides is 3. The van der Waals surface area contributed by atoms with E-state index in [1.165, 1.54) is 0 Å². The molecule has 14 heteroatoms. The molecule has 2 saturated heterocycles. The molecule has 250 valence electrons. The number of rotatable bonds is 9. The molecule has 2 aromatic carbocycles. The smallest absolute Gasteiger partial charge is 0.422 e. The highest BCUT2D eigenvalue weighted by Crippen LogP contribution is 2.40. The Morgan fingerprint density at radius 3 is 2.35 bits per heavy atom. The topological polar surface area (TPSA) is 85.9 Å². The number of nitrogens with zero attached hydrogens (tertiary/aromatic N) is 5. The van der Waals surface area contributed by atoms with Crippen molar-refractivity contribution in [2.24, 2.45) is 0 Å². The molecular formula is C32H42BrF3N7O2P. The van der Waals surface area contributed by atoms with Gasteiger partial charge < -0.3 is 29.7 Å². The summed E-state index contributed by atoms with van der Waals surface area (Å²) in [6, 6.07) is 9.65. The number of hydrogen-bond acceptors (Lipinski definition) is 9. The number of hydrogen-bond donors (Lipinski definition) is 2. The number of ether oxygens (including phenoxy) is 1. The molecule has 0 unspecified atom stereocenters. The first-order chi connectivity index (χ1) is 21.7. The fourth-order valence-corrected chi connectivity index (χ4v) is 7.52. The van der Waals surface area contributed by atoms with E-state index in [2.05, 4.69) is 58.3 Å². The average molecular weight is 725 g/mol. The minimum atomic E-state index is -4.50. The summed E-state index contributed by atoms with van der Waals surface area (Å²) >= 11 is 3.48. The van der Waals surface area contributed by atoms with Crippen LogP contribution in [0.1, 0.15) is 24.0 Å². The maximum Gasteiger partial charge on any atom is 0.422 e. The summed E-state index contributed by atoms with van der Waals surface area (Å²) in [6.45, 7) is 11.8. The predicted octanol–water partition coefficient (Wildman–Crippen LogP) is 6.75. The summed E-state index contributed by atoms with van der Waals surface area (Å²) < 4.78 is 58.8. The lowest BCUT2D eigenvalue weighted by atomic mass is 10.0. The molecule has 2 fully saturated rings. The van der Waals surface area contributed by atoms with Gasteiger partial charge in [0, 0.05) is 68.6 Å². The molecule has 0 spiro atoms. The largest absolute Gasteiger partial charge is 0.482 e. The van der Waals surface area contributed by atoms with Crippen LogP contribution in [0, 0.1) is 13.8 Å². The third kappa shape index (κ3) is 8.73. The van der Waals surface area contributed by atoms with Crippen LogP contribution in [0.2, 0.25) is 0 Å². The number of halogens is 4. The summed E-state index contributed by atoms with van der Waals surface area (Å²) in [5.74, 6) is 0.636. The van der Waals surface area contributed by atoms with E-state index < -0.39 is 19.9 Å². The minimum Gasteiger partial charge on any atom is -0.482 e. The van der Waals surface area contributed by atoms with Gasteiger partial charge in [0.05, 0.1) is 15.8 Å². The first kappa shape index (κ1) is 34.5.